The lowest BCUT2D eigenvalue weighted by Gasteiger charge is -2.02. The number of hydrogen-bond acceptors (Lipinski definition) is 4. The molecule has 2 aromatic heterocycles. The van der Waals surface area contributed by atoms with E-state index in [2.05, 4.69) is 20.5 Å². The summed E-state index contributed by atoms with van der Waals surface area (Å²) in [4.78, 5) is 15.5. The number of carbonyl (C=O) groups is 1. The molecule has 6 heteroatoms. The lowest BCUT2D eigenvalue weighted by Crippen LogP contribution is -2.13. The number of anilines is 1. The molecule has 17 heavy (non-hydrogen) atoms. The van der Waals surface area contributed by atoms with Gasteiger partial charge in [-0.3, -0.25) is 9.89 Å². The van der Waals surface area contributed by atoms with Crippen LogP contribution in [0.2, 0.25) is 0 Å². The van der Waals surface area contributed by atoms with Gasteiger partial charge in [0.2, 0.25) is 5.82 Å². The monoisotopic (exact) mass is 244 g/mol. The average Bonchev–Trinajstić information content (AvgIpc) is 2.99. The topological polar surface area (TPSA) is 70.7 Å². The van der Waals surface area contributed by atoms with Gasteiger partial charge in [0, 0.05) is 10.4 Å². The number of aromatic amines is 1. The van der Waals surface area contributed by atoms with E-state index in [4.69, 9.17) is 0 Å². The molecule has 0 fully saturated rings. The first-order valence-electron chi connectivity index (χ1n) is 4.97. The SMILES string of the molecule is O=C(Nc1ccc2sccc2c1)c1ncn[nH]1. The first kappa shape index (κ1) is 9.98. The molecule has 2 N–H and O–H groups in total. The summed E-state index contributed by atoms with van der Waals surface area (Å²) in [6.45, 7) is 0. The molecule has 84 valence electrons. The highest BCUT2D eigenvalue weighted by Crippen LogP contribution is 2.24. The van der Waals surface area contributed by atoms with Crippen molar-refractivity contribution in [3.63, 3.8) is 0 Å². The van der Waals surface area contributed by atoms with Crippen molar-refractivity contribution < 1.29 is 4.79 Å². The van der Waals surface area contributed by atoms with Gasteiger partial charge >= 0.3 is 0 Å². The first-order chi connectivity index (χ1) is 8.33. The highest BCUT2D eigenvalue weighted by molar-refractivity contribution is 7.17. The summed E-state index contributed by atoms with van der Waals surface area (Å²) >= 11 is 1.67. The molecule has 5 nitrogen and oxygen atoms in total. The van der Waals surface area contributed by atoms with Crippen LogP contribution in [0.5, 0.6) is 0 Å². The largest absolute Gasteiger partial charge is 0.319 e. The van der Waals surface area contributed by atoms with Gasteiger partial charge in [0.1, 0.15) is 6.33 Å². The summed E-state index contributed by atoms with van der Waals surface area (Å²) in [5, 5.41) is 12.0. The number of carbonyl (C=O) groups excluding carboxylic acids is 1. The van der Waals surface area contributed by atoms with Crippen LogP contribution in [0.1, 0.15) is 10.6 Å². The Kier molecular flexibility index (Phi) is 2.34. The Morgan fingerprint density at radius 3 is 3.12 bits per heavy atom. The normalized spacial score (nSPS) is 10.6. The summed E-state index contributed by atoms with van der Waals surface area (Å²) in [5.74, 6) is -0.0903. The molecule has 3 aromatic rings. The number of aromatic nitrogens is 3. The lowest BCUT2D eigenvalue weighted by molar-refractivity contribution is 0.101. The fraction of sp³-hybridized carbons (Fsp3) is 0. The predicted molar refractivity (Wildman–Crippen MR) is 66.2 cm³/mol. The molecule has 0 aliphatic rings. The molecule has 2 heterocycles. The van der Waals surface area contributed by atoms with E-state index in [9.17, 15) is 4.79 Å². The summed E-state index contributed by atoms with van der Waals surface area (Å²) in [5.41, 5.74) is 0.747. The predicted octanol–water partition coefficient (Wildman–Crippen LogP) is 2.27. The molecule has 0 bridgehead atoms. The van der Waals surface area contributed by atoms with Crippen LogP contribution < -0.4 is 5.32 Å². The van der Waals surface area contributed by atoms with Crippen LogP contribution in [-0.4, -0.2) is 21.1 Å². The van der Waals surface area contributed by atoms with Gasteiger partial charge in [0.15, 0.2) is 0 Å². The molecule has 3 rings (SSSR count). The quantitative estimate of drug-likeness (QED) is 0.726. The van der Waals surface area contributed by atoms with Gasteiger partial charge in [-0.2, -0.15) is 5.10 Å². The third-order valence-corrected chi connectivity index (χ3v) is 3.24. The fourth-order valence-corrected chi connectivity index (χ4v) is 2.32. The molecule has 0 aliphatic carbocycles. The highest BCUT2D eigenvalue weighted by Gasteiger charge is 2.08. The zero-order valence-corrected chi connectivity index (χ0v) is 9.49. The van der Waals surface area contributed by atoms with Crippen molar-refractivity contribution in [1.82, 2.24) is 15.2 Å². The minimum Gasteiger partial charge on any atom is -0.319 e. The van der Waals surface area contributed by atoms with Gasteiger partial charge in [-0.1, -0.05) is 0 Å². The molecule has 1 amide bonds. The summed E-state index contributed by atoms with van der Waals surface area (Å²) in [6.07, 6.45) is 1.30. The van der Waals surface area contributed by atoms with E-state index >= 15 is 0 Å². The lowest BCUT2D eigenvalue weighted by atomic mass is 10.2. The Labute approximate surface area is 101 Å². The Morgan fingerprint density at radius 2 is 2.29 bits per heavy atom. The molecule has 0 radical (unpaired) electrons. The van der Waals surface area contributed by atoms with Crippen LogP contribution in [0.15, 0.2) is 36.0 Å². The van der Waals surface area contributed by atoms with Crippen molar-refractivity contribution in [2.75, 3.05) is 5.32 Å². The Bertz CT molecular complexity index is 659. The van der Waals surface area contributed by atoms with Gasteiger partial charge in [-0.05, 0) is 35.0 Å². The minimum atomic E-state index is -0.294. The number of benzene rings is 1. The van der Waals surface area contributed by atoms with Gasteiger partial charge in [0.25, 0.3) is 5.91 Å². The first-order valence-corrected chi connectivity index (χ1v) is 5.85. The van der Waals surface area contributed by atoms with E-state index in [1.54, 1.807) is 11.3 Å². The second kappa shape index (κ2) is 3.99. The summed E-state index contributed by atoms with van der Waals surface area (Å²) < 4.78 is 1.20. The summed E-state index contributed by atoms with van der Waals surface area (Å²) in [6, 6.07) is 7.80. The van der Waals surface area contributed by atoms with Crippen LogP contribution >= 0.6 is 11.3 Å². The minimum absolute atomic E-state index is 0.204. The van der Waals surface area contributed by atoms with Crippen molar-refractivity contribution in [2.45, 2.75) is 0 Å². The zero-order valence-electron chi connectivity index (χ0n) is 8.68. The van der Waals surface area contributed by atoms with Crippen molar-refractivity contribution in [1.29, 1.82) is 0 Å². The van der Waals surface area contributed by atoms with Gasteiger partial charge < -0.3 is 5.32 Å². The second-order valence-electron chi connectivity index (χ2n) is 3.46. The zero-order chi connectivity index (χ0) is 11.7. The average molecular weight is 244 g/mol. The van der Waals surface area contributed by atoms with E-state index in [-0.39, 0.29) is 11.7 Å². The highest BCUT2D eigenvalue weighted by atomic mass is 32.1. The third kappa shape index (κ3) is 1.90. The summed E-state index contributed by atoms with van der Waals surface area (Å²) in [7, 11) is 0. The Balaban J connectivity index is 1.87. The Morgan fingerprint density at radius 1 is 1.35 bits per heavy atom. The van der Waals surface area contributed by atoms with Crippen molar-refractivity contribution in [3.8, 4) is 0 Å². The molecule has 1 aromatic carbocycles. The van der Waals surface area contributed by atoms with Crippen molar-refractivity contribution >= 4 is 33.0 Å². The number of rotatable bonds is 2. The Hall–Kier alpha value is -2.21. The number of nitrogens with zero attached hydrogens (tertiary/aromatic N) is 2. The molecule has 0 aliphatic heterocycles. The molecule has 0 spiro atoms. The molecule has 0 unspecified atom stereocenters. The van der Waals surface area contributed by atoms with Crippen LogP contribution in [0.25, 0.3) is 10.1 Å². The molecule has 0 atom stereocenters. The van der Waals surface area contributed by atoms with E-state index in [1.165, 1.54) is 11.0 Å². The van der Waals surface area contributed by atoms with Crippen LogP contribution in [-0.2, 0) is 0 Å². The standard InChI is InChI=1S/C11H8N4OS/c16-11(10-12-6-13-15-10)14-8-1-2-9-7(5-8)3-4-17-9/h1-6H,(H,14,16)(H,12,13,15). The molecule has 0 saturated carbocycles. The van der Waals surface area contributed by atoms with E-state index in [1.807, 2.05) is 29.6 Å². The van der Waals surface area contributed by atoms with Crippen LogP contribution in [0, 0.1) is 0 Å². The number of thiophene rings is 1. The van der Waals surface area contributed by atoms with Gasteiger partial charge in [-0.25, -0.2) is 4.98 Å². The van der Waals surface area contributed by atoms with Crippen molar-refractivity contribution in [2.24, 2.45) is 0 Å². The number of amides is 1. The van der Waals surface area contributed by atoms with Gasteiger partial charge in [-0.15, -0.1) is 11.3 Å². The fourth-order valence-electron chi connectivity index (χ4n) is 1.55. The molecule has 0 saturated heterocycles. The smallest absolute Gasteiger partial charge is 0.292 e. The number of nitrogens with one attached hydrogen (secondary N) is 2. The van der Waals surface area contributed by atoms with Crippen LogP contribution in [0.3, 0.4) is 0 Å². The molecular formula is C11H8N4OS. The van der Waals surface area contributed by atoms with Crippen molar-refractivity contribution in [3.05, 3.63) is 41.8 Å². The van der Waals surface area contributed by atoms with E-state index < -0.39 is 0 Å². The second-order valence-corrected chi connectivity index (χ2v) is 4.41. The molecular weight excluding hydrogens is 236 g/mol. The number of H-pyrrole nitrogens is 1. The maximum Gasteiger partial charge on any atom is 0.292 e. The van der Waals surface area contributed by atoms with E-state index in [0.717, 1.165) is 11.1 Å². The maximum atomic E-state index is 11.7. The third-order valence-electron chi connectivity index (χ3n) is 2.34. The maximum absolute atomic E-state index is 11.7. The van der Waals surface area contributed by atoms with E-state index in [0.29, 0.717) is 0 Å². The van der Waals surface area contributed by atoms with Crippen LogP contribution in [0.4, 0.5) is 5.69 Å². The number of hydrogen-bond donors (Lipinski definition) is 2. The number of fused-ring (bicyclic) bond motifs is 1. The van der Waals surface area contributed by atoms with Gasteiger partial charge in [0.05, 0.1) is 0 Å².